The van der Waals surface area contributed by atoms with Crippen molar-refractivity contribution in [3.8, 4) is 0 Å². The van der Waals surface area contributed by atoms with Crippen LogP contribution in [0.15, 0.2) is 36.4 Å². The molecule has 0 saturated heterocycles. The van der Waals surface area contributed by atoms with E-state index in [0.29, 0.717) is 12.8 Å². The summed E-state index contributed by atoms with van der Waals surface area (Å²) in [5.41, 5.74) is 7.41. The number of carbonyl (C=O) groups is 1. The normalized spacial score (nSPS) is 13.5. The topological polar surface area (TPSA) is 37.3 Å². The smallest absolute Gasteiger partial charge is 0.306 e. The van der Waals surface area contributed by atoms with Crippen molar-refractivity contribution in [3.63, 3.8) is 0 Å². The average Bonchev–Trinajstić information content (AvgIpc) is 2.57. The molecule has 0 spiro atoms. The summed E-state index contributed by atoms with van der Waals surface area (Å²) in [6, 6.07) is 12.8. The standard InChI is InChI=1S/C23H30O2/c1-6-20(21-10-8-16(3)18(5)12-21)14-22(23(24)25)13-19-9-7-15(2)17(4)11-19/h7-12,20,22H,6,13-14H2,1-5H3,(H,24,25)/t20-,22-/m0/s1. The van der Waals surface area contributed by atoms with E-state index in [-0.39, 0.29) is 11.8 Å². The fourth-order valence-corrected chi connectivity index (χ4v) is 3.39. The third kappa shape index (κ3) is 4.94. The van der Waals surface area contributed by atoms with Crippen LogP contribution in [-0.4, -0.2) is 11.1 Å². The van der Waals surface area contributed by atoms with Gasteiger partial charge in [-0.05, 0) is 86.3 Å². The van der Waals surface area contributed by atoms with Crippen LogP contribution in [0.4, 0.5) is 0 Å². The van der Waals surface area contributed by atoms with Gasteiger partial charge in [0.2, 0.25) is 0 Å². The number of benzene rings is 2. The zero-order chi connectivity index (χ0) is 18.6. The van der Waals surface area contributed by atoms with Crippen LogP contribution in [0, 0.1) is 33.6 Å². The van der Waals surface area contributed by atoms with E-state index in [1.165, 1.54) is 27.8 Å². The largest absolute Gasteiger partial charge is 0.481 e. The molecule has 0 unspecified atom stereocenters. The molecular formula is C23H30O2. The number of carboxylic acids is 1. The Hall–Kier alpha value is -2.09. The summed E-state index contributed by atoms with van der Waals surface area (Å²) in [4.78, 5) is 11.9. The second kappa shape index (κ2) is 8.33. The third-order valence-electron chi connectivity index (χ3n) is 5.47. The summed E-state index contributed by atoms with van der Waals surface area (Å²) in [5.74, 6) is -0.763. The molecule has 2 aromatic rings. The lowest BCUT2D eigenvalue weighted by Gasteiger charge is -2.21. The SMILES string of the molecule is CC[C@@H](C[C@H](Cc1ccc(C)c(C)c1)C(=O)O)c1ccc(C)c(C)c1. The fraction of sp³-hybridized carbons (Fsp3) is 0.435. The van der Waals surface area contributed by atoms with Gasteiger partial charge in [0.25, 0.3) is 0 Å². The Bertz CT molecular complexity index is 746. The minimum atomic E-state index is -0.694. The van der Waals surface area contributed by atoms with E-state index in [0.717, 1.165) is 12.0 Å². The zero-order valence-electron chi connectivity index (χ0n) is 16.1. The van der Waals surface area contributed by atoms with Gasteiger partial charge in [0.05, 0.1) is 5.92 Å². The van der Waals surface area contributed by atoms with E-state index in [4.69, 9.17) is 0 Å². The lowest BCUT2D eigenvalue weighted by molar-refractivity contribution is -0.142. The van der Waals surface area contributed by atoms with E-state index >= 15 is 0 Å². The van der Waals surface area contributed by atoms with Crippen LogP contribution in [0.5, 0.6) is 0 Å². The summed E-state index contributed by atoms with van der Waals surface area (Å²) in [6.07, 6.45) is 2.23. The number of aryl methyl sites for hydroxylation is 4. The first kappa shape index (κ1) is 19.2. The number of carboxylic acid groups (broad SMARTS) is 1. The Morgan fingerprint density at radius 3 is 2.04 bits per heavy atom. The highest BCUT2D eigenvalue weighted by atomic mass is 16.4. The van der Waals surface area contributed by atoms with Crippen molar-refractivity contribution in [2.45, 2.75) is 59.8 Å². The molecule has 2 atom stereocenters. The number of rotatable bonds is 7. The summed E-state index contributed by atoms with van der Waals surface area (Å²) in [6.45, 7) is 10.5. The van der Waals surface area contributed by atoms with Crippen molar-refractivity contribution < 1.29 is 9.90 Å². The van der Waals surface area contributed by atoms with Gasteiger partial charge in [0.1, 0.15) is 0 Å². The van der Waals surface area contributed by atoms with Gasteiger partial charge >= 0.3 is 5.97 Å². The lowest BCUT2D eigenvalue weighted by Crippen LogP contribution is -2.19. The molecule has 0 radical (unpaired) electrons. The maximum Gasteiger partial charge on any atom is 0.306 e. The van der Waals surface area contributed by atoms with Crippen LogP contribution in [0.1, 0.15) is 59.1 Å². The second-order valence-corrected chi connectivity index (χ2v) is 7.34. The monoisotopic (exact) mass is 338 g/mol. The van der Waals surface area contributed by atoms with Crippen LogP contribution in [-0.2, 0) is 11.2 Å². The molecule has 25 heavy (non-hydrogen) atoms. The molecule has 0 amide bonds. The molecule has 2 aromatic carbocycles. The van der Waals surface area contributed by atoms with Gasteiger partial charge in [-0.3, -0.25) is 4.79 Å². The molecule has 0 fully saturated rings. The van der Waals surface area contributed by atoms with Gasteiger partial charge in [-0.1, -0.05) is 43.3 Å². The molecule has 0 aliphatic carbocycles. The minimum absolute atomic E-state index is 0.284. The maximum absolute atomic E-state index is 11.9. The van der Waals surface area contributed by atoms with Crippen LogP contribution >= 0.6 is 0 Å². The van der Waals surface area contributed by atoms with Gasteiger partial charge in [-0.15, -0.1) is 0 Å². The molecule has 2 nitrogen and oxygen atoms in total. The van der Waals surface area contributed by atoms with Crippen molar-refractivity contribution in [2.75, 3.05) is 0 Å². The Morgan fingerprint density at radius 2 is 1.52 bits per heavy atom. The summed E-state index contributed by atoms with van der Waals surface area (Å²) in [7, 11) is 0. The molecular weight excluding hydrogens is 308 g/mol. The maximum atomic E-state index is 11.9. The summed E-state index contributed by atoms with van der Waals surface area (Å²) < 4.78 is 0. The van der Waals surface area contributed by atoms with E-state index in [1.54, 1.807) is 0 Å². The predicted molar refractivity (Wildman–Crippen MR) is 104 cm³/mol. The van der Waals surface area contributed by atoms with Crippen molar-refractivity contribution in [3.05, 3.63) is 69.8 Å². The second-order valence-electron chi connectivity index (χ2n) is 7.34. The number of aliphatic carboxylic acids is 1. The molecule has 0 aromatic heterocycles. The molecule has 0 bridgehead atoms. The average molecular weight is 338 g/mol. The van der Waals surface area contributed by atoms with E-state index in [1.807, 2.05) is 0 Å². The molecule has 0 aliphatic heterocycles. The van der Waals surface area contributed by atoms with Crippen molar-refractivity contribution in [2.24, 2.45) is 5.92 Å². The van der Waals surface area contributed by atoms with Gasteiger partial charge in [0.15, 0.2) is 0 Å². The Morgan fingerprint density at radius 1 is 0.920 bits per heavy atom. The zero-order valence-corrected chi connectivity index (χ0v) is 16.1. The van der Waals surface area contributed by atoms with Gasteiger partial charge in [-0.25, -0.2) is 0 Å². The lowest BCUT2D eigenvalue weighted by atomic mass is 9.83. The molecule has 2 heteroatoms. The highest BCUT2D eigenvalue weighted by Crippen LogP contribution is 2.30. The Labute approximate surface area is 151 Å². The van der Waals surface area contributed by atoms with E-state index in [2.05, 4.69) is 71.0 Å². The van der Waals surface area contributed by atoms with Crippen LogP contribution < -0.4 is 0 Å². The van der Waals surface area contributed by atoms with Crippen LogP contribution in [0.2, 0.25) is 0 Å². The quantitative estimate of drug-likeness (QED) is 0.698. The first-order chi connectivity index (χ1) is 11.8. The first-order valence-corrected chi connectivity index (χ1v) is 9.17. The van der Waals surface area contributed by atoms with Crippen molar-refractivity contribution >= 4 is 5.97 Å². The number of hydrogen-bond donors (Lipinski definition) is 1. The summed E-state index contributed by atoms with van der Waals surface area (Å²) in [5, 5.41) is 9.75. The van der Waals surface area contributed by atoms with Crippen LogP contribution in [0.3, 0.4) is 0 Å². The van der Waals surface area contributed by atoms with Gasteiger partial charge in [-0.2, -0.15) is 0 Å². The Kier molecular flexibility index (Phi) is 6.41. The van der Waals surface area contributed by atoms with Crippen LogP contribution in [0.25, 0.3) is 0 Å². The highest BCUT2D eigenvalue weighted by molar-refractivity contribution is 5.70. The van der Waals surface area contributed by atoms with Gasteiger partial charge < -0.3 is 5.11 Å². The minimum Gasteiger partial charge on any atom is -0.481 e. The van der Waals surface area contributed by atoms with Crippen molar-refractivity contribution in [1.82, 2.24) is 0 Å². The molecule has 0 saturated carbocycles. The highest BCUT2D eigenvalue weighted by Gasteiger charge is 2.23. The number of hydrogen-bond acceptors (Lipinski definition) is 1. The van der Waals surface area contributed by atoms with Gasteiger partial charge in [0, 0.05) is 0 Å². The molecule has 1 N–H and O–H groups in total. The Balaban J connectivity index is 2.19. The molecule has 134 valence electrons. The fourth-order valence-electron chi connectivity index (χ4n) is 3.39. The molecule has 2 rings (SSSR count). The molecule has 0 heterocycles. The third-order valence-corrected chi connectivity index (χ3v) is 5.47. The predicted octanol–water partition coefficient (Wildman–Crippen LogP) is 5.75. The van der Waals surface area contributed by atoms with E-state index < -0.39 is 5.97 Å². The van der Waals surface area contributed by atoms with E-state index in [9.17, 15) is 9.90 Å². The first-order valence-electron chi connectivity index (χ1n) is 9.17. The summed E-state index contributed by atoms with van der Waals surface area (Å²) >= 11 is 0. The molecule has 0 aliphatic rings. The van der Waals surface area contributed by atoms with Crippen molar-refractivity contribution in [1.29, 1.82) is 0 Å².